The Morgan fingerprint density at radius 2 is 0.500 bits per heavy atom. The van der Waals surface area contributed by atoms with Crippen molar-refractivity contribution < 1.29 is 127 Å². The van der Waals surface area contributed by atoms with Crippen molar-refractivity contribution in [1.29, 1.82) is 0 Å². The molecule has 30 heteroatoms. The molecule has 0 amide bonds. The molecule has 0 nitrogen and oxygen atoms in total. The summed E-state index contributed by atoms with van der Waals surface area (Å²) in [5.41, 5.74) is -38.4. The molecule has 0 aliphatic carbocycles. The van der Waals surface area contributed by atoms with E-state index >= 15 is 87.8 Å². The van der Waals surface area contributed by atoms with Crippen molar-refractivity contribution in [3.05, 3.63) is 169 Å². The topological polar surface area (TPSA) is 0 Å². The summed E-state index contributed by atoms with van der Waals surface area (Å²) in [5.74, 6) is -81.4. The fraction of sp³-hybridized carbons (Fsp3) is 0.0952. The van der Waals surface area contributed by atoms with Crippen LogP contribution in [0.1, 0.15) is 29.2 Å². The van der Waals surface area contributed by atoms with Crippen LogP contribution in [0, 0.1) is 116 Å². The van der Waals surface area contributed by atoms with Gasteiger partial charge in [-0.1, -0.05) is 36.4 Å². The zero-order valence-corrected chi connectivity index (χ0v) is 33.5. The van der Waals surface area contributed by atoms with E-state index in [1.807, 2.05) is 0 Å². The summed E-state index contributed by atoms with van der Waals surface area (Å²) in [6, 6.07) is 3.39. The Morgan fingerprint density at radius 3 is 0.722 bits per heavy atom. The van der Waals surface area contributed by atoms with Crippen LogP contribution in [0.3, 0.4) is 0 Å². The normalized spacial score (nSPS) is 12.8. The van der Waals surface area contributed by atoms with Gasteiger partial charge in [-0.3, -0.25) is 0 Å². The van der Waals surface area contributed by atoms with Gasteiger partial charge in [-0.05, 0) is 18.1 Å². The molecule has 0 bridgehead atoms. The molecular weight excluding hydrogens is 1070 g/mol. The van der Waals surface area contributed by atoms with Gasteiger partial charge in [-0.2, -0.15) is 39.5 Å². The fourth-order valence-corrected chi connectivity index (χ4v) is 8.01. The summed E-state index contributed by atoms with van der Waals surface area (Å²) in [7, 11) is 0. The van der Waals surface area contributed by atoms with E-state index in [1.165, 1.54) is 19.1 Å². The van der Waals surface area contributed by atoms with Crippen molar-refractivity contribution in [3.63, 3.8) is 0 Å². The lowest BCUT2D eigenvalue weighted by molar-refractivity contribution is -0.144. The standard InChI is InChI=1S/C42H9BF29/c1-2-3-8-4-6-9(7-5-8)10-20(44)22(46)11(23(47)21(10)45)12-24(48)32(56)16(33(57)25(12)49)43(17-34(58)26(50)13(40(64,65)66)27(51)35(17)59,18-36(60)28(52)14(41(67,68)69)29(53)37(18)61)19-38(62)30(54)15(42(70,71)72)31(55)39(19)63/h2-7H,1H3/q-1/b3-2+. The molecule has 0 fully saturated rings. The van der Waals surface area contributed by atoms with E-state index in [-0.39, 0.29) is 5.56 Å². The Morgan fingerprint density at radius 1 is 0.292 bits per heavy atom. The van der Waals surface area contributed by atoms with Crippen LogP contribution in [0.2, 0.25) is 0 Å². The second-order valence-corrected chi connectivity index (χ2v) is 14.7. The van der Waals surface area contributed by atoms with E-state index < -0.39 is 202 Å². The van der Waals surface area contributed by atoms with E-state index in [1.54, 1.807) is 0 Å². The number of halogens is 29. The monoisotopic (exact) mass is 1080 g/mol. The summed E-state index contributed by atoms with van der Waals surface area (Å²) in [6.07, 6.45) is -26.4. The van der Waals surface area contributed by atoms with Crippen molar-refractivity contribution >= 4 is 34.1 Å². The lowest BCUT2D eigenvalue weighted by atomic mass is 9.12. The van der Waals surface area contributed by atoms with E-state index in [0.717, 1.165) is 12.1 Å². The molecule has 72 heavy (non-hydrogen) atoms. The number of allylic oxidation sites excluding steroid dienone is 1. The maximum atomic E-state index is 17.0. The van der Waals surface area contributed by atoms with Crippen LogP contribution in [0.5, 0.6) is 0 Å². The smallest absolute Gasteiger partial charge is 0.207 e. The van der Waals surface area contributed by atoms with Gasteiger partial charge < -0.3 is 0 Å². The van der Waals surface area contributed by atoms with E-state index in [4.69, 9.17) is 0 Å². The minimum absolute atomic E-state index is 0.206. The number of benzene rings is 6. The predicted molar refractivity (Wildman–Crippen MR) is 190 cm³/mol. The SMILES string of the molecule is C/C=C/c1ccc(-c2c(F)c(F)c(-c3c(F)c(F)c([B-](c4c(F)c(F)c(C(F)(F)F)c(F)c4F)(c4c(F)c(F)c(C(F)(F)F)c(F)c4F)c4c(F)c(F)c(C(F)(F)F)c(F)c4F)c(F)c3F)c(F)c2F)cc1. The molecule has 0 heterocycles. The highest BCUT2D eigenvalue weighted by atomic mass is 19.4. The molecular formula is C42H9BF29-. The summed E-state index contributed by atoms with van der Waals surface area (Å²) < 4.78 is 445. The van der Waals surface area contributed by atoms with Crippen LogP contribution in [0.25, 0.3) is 28.3 Å². The quantitative estimate of drug-likeness (QED) is 0.0849. The Labute approximate surface area is 378 Å². The zero-order chi connectivity index (χ0) is 54.7. The highest BCUT2D eigenvalue weighted by Gasteiger charge is 2.56. The van der Waals surface area contributed by atoms with Gasteiger partial charge in [0, 0.05) is 0 Å². The van der Waals surface area contributed by atoms with Gasteiger partial charge in [0.1, 0.15) is 69.4 Å². The summed E-state index contributed by atoms with van der Waals surface area (Å²) >= 11 is 0. The average molecular weight is 1080 g/mol. The highest BCUT2D eigenvalue weighted by molar-refractivity contribution is 7.20. The second kappa shape index (κ2) is 18.0. The van der Waals surface area contributed by atoms with Gasteiger partial charge in [0.15, 0.2) is 69.8 Å². The second-order valence-electron chi connectivity index (χ2n) is 14.7. The average Bonchev–Trinajstić information content (AvgIpc) is 3.26. The van der Waals surface area contributed by atoms with Crippen molar-refractivity contribution in [2.45, 2.75) is 25.5 Å². The number of hydrogen-bond acceptors (Lipinski definition) is 0. The van der Waals surface area contributed by atoms with Crippen LogP contribution in [-0.2, 0) is 18.5 Å². The van der Waals surface area contributed by atoms with Crippen LogP contribution < -0.4 is 21.9 Å². The number of alkyl halides is 9. The first-order valence-electron chi connectivity index (χ1n) is 18.4. The molecule has 0 saturated heterocycles. The van der Waals surface area contributed by atoms with Crippen LogP contribution in [0.4, 0.5) is 127 Å². The van der Waals surface area contributed by atoms with Crippen LogP contribution >= 0.6 is 0 Å². The van der Waals surface area contributed by atoms with Crippen molar-refractivity contribution in [1.82, 2.24) is 0 Å². The van der Waals surface area contributed by atoms with E-state index in [9.17, 15) is 39.5 Å². The van der Waals surface area contributed by atoms with Crippen molar-refractivity contribution in [3.8, 4) is 22.3 Å². The first-order chi connectivity index (χ1) is 33.0. The van der Waals surface area contributed by atoms with E-state index in [2.05, 4.69) is 0 Å². The molecule has 0 spiro atoms. The number of rotatable bonds is 7. The third kappa shape index (κ3) is 7.85. The minimum Gasteiger partial charge on any atom is -0.207 e. The molecule has 0 unspecified atom stereocenters. The molecule has 6 aromatic rings. The van der Waals surface area contributed by atoms with Gasteiger partial charge >= 0.3 is 18.5 Å². The molecule has 0 radical (unpaired) electrons. The molecule has 0 atom stereocenters. The Hall–Kier alpha value is -6.91. The highest BCUT2D eigenvalue weighted by Crippen LogP contribution is 2.44. The third-order valence-corrected chi connectivity index (χ3v) is 10.8. The molecule has 6 rings (SSSR count). The first kappa shape index (κ1) is 54.4. The van der Waals surface area contributed by atoms with Gasteiger partial charge in [0.25, 0.3) is 0 Å². The maximum absolute atomic E-state index is 17.0. The van der Waals surface area contributed by atoms with Gasteiger partial charge in [0.2, 0.25) is 0 Å². The van der Waals surface area contributed by atoms with Crippen molar-refractivity contribution in [2.24, 2.45) is 0 Å². The van der Waals surface area contributed by atoms with E-state index in [0.29, 0.717) is 12.1 Å². The molecule has 0 saturated carbocycles. The molecule has 0 aliphatic heterocycles. The molecule has 0 N–H and O–H groups in total. The Bertz CT molecular complexity index is 2970. The summed E-state index contributed by atoms with van der Waals surface area (Å²) in [4.78, 5) is 0. The Kier molecular flexibility index (Phi) is 13.6. The fourth-order valence-electron chi connectivity index (χ4n) is 8.01. The lowest BCUT2D eigenvalue weighted by Gasteiger charge is -2.45. The molecule has 6 aromatic carbocycles. The Balaban J connectivity index is 2.02. The third-order valence-electron chi connectivity index (χ3n) is 10.8. The zero-order valence-electron chi connectivity index (χ0n) is 33.5. The predicted octanol–water partition coefficient (Wildman–Crippen LogP) is 13.3. The minimum atomic E-state index is -8.27. The van der Waals surface area contributed by atoms with Crippen LogP contribution in [0.15, 0.2) is 30.3 Å². The molecule has 0 aliphatic rings. The van der Waals surface area contributed by atoms with Gasteiger partial charge in [0.05, 0.1) is 16.7 Å². The first-order valence-corrected chi connectivity index (χ1v) is 18.4. The van der Waals surface area contributed by atoms with Gasteiger partial charge in [-0.15, -0.1) is 21.9 Å². The lowest BCUT2D eigenvalue weighted by Crippen LogP contribution is -2.81. The summed E-state index contributed by atoms with van der Waals surface area (Å²) in [5, 5.41) is 0. The van der Waals surface area contributed by atoms with Crippen LogP contribution in [-0.4, -0.2) is 6.15 Å². The maximum Gasteiger partial charge on any atom is 0.422 e. The van der Waals surface area contributed by atoms with Gasteiger partial charge in [-0.25, -0.2) is 87.8 Å². The molecule has 384 valence electrons. The van der Waals surface area contributed by atoms with Crippen molar-refractivity contribution in [2.75, 3.05) is 0 Å². The largest absolute Gasteiger partial charge is 0.422 e. The summed E-state index contributed by atoms with van der Waals surface area (Å²) in [6.45, 7) is 1.45. The number of hydrogen-bond donors (Lipinski definition) is 0. The molecule has 0 aromatic heterocycles.